The summed E-state index contributed by atoms with van der Waals surface area (Å²) in [6.45, 7) is 33.2. The highest BCUT2D eigenvalue weighted by molar-refractivity contribution is 6.15. The second kappa shape index (κ2) is 51.0. The summed E-state index contributed by atoms with van der Waals surface area (Å²) in [5.41, 5.74) is 16.0. The SMILES string of the molecule is CC.CC.CCl.CCl.CO.CO.Cc1ccc(C)cc1.Cc1ccc(C)cc1.Cc1ccc(C)cc1.Cc1cccc(C)c1.Cc1cccc(C)c1.Cc1cccc(C)c1. The van der Waals surface area contributed by atoms with Crippen molar-refractivity contribution in [1.29, 1.82) is 0 Å². The molecule has 0 saturated carbocycles. The lowest BCUT2D eigenvalue weighted by atomic mass is 10.2. The van der Waals surface area contributed by atoms with Crippen molar-refractivity contribution in [3.8, 4) is 0 Å². The third-order valence-electron chi connectivity index (χ3n) is 7.18. The van der Waals surface area contributed by atoms with Crippen LogP contribution >= 0.6 is 23.2 Å². The molecule has 0 aliphatic heterocycles. The fourth-order valence-electron chi connectivity index (χ4n) is 4.33. The van der Waals surface area contributed by atoms with Gasteiger partial charge >= 0.3 is 0 Å². The number of rotatable bonds is 0. The van der Waals surface area contributed by atoms with Gasteiger partial charge in [0.15, 0.2) is 0 Å². The maximum absolute atomic E-state index is 7.00. The zero-order chi connectivity index (χ0) is 47.9. The fraction of sp³-hybridized carbons (Fsp3) is 0.357. The molecule has 0 radical (unpaired) electrons. The predicted molar refractivity (Wildman–Crippen MR) is 278 cm³/mol. The number of aliphatic hydroxyl groups excluding tert-OH is 2. The average Bonchev–Trinajstić information content (AvgIpc) is 3.26. The third-order valence-corrected chi connectivity index (χ3v) is 7.18. The minimum absolute atomic E-state index is 1.00. The summed E-state index contributed by atoms with van der Waals surface area (Å²) in [4.78, 5) is 0. The molecule has 6 aromatic carbocycles. The van der Waals surface area contributed by atoms with Crippen molar-refractivity contribution in [3.05, 3.63) is 212 Å². The normalized spacial score (nSPS) is 8.00. The Bertz CT molecular complexity index is 1390. The van der Waals surface area contributed by atoms with E-state index < -0.39 is 0 Å². The van der Waals surface area contributed by atoms with E-state index in [1.165, 1.54) is 79.5 Å². The maximum Gasteiger partial charge on any atom is 0.0319 e. The van der Waals surface area contributed by atoms with E-state index in [0.717, 1.165) is 14.2 Å². The second-order valence-electron chi connectivity index (χ2n) is 12.9. The van der Waals surface area contributed by atoms with E-state index in [9.17, 15) is 0 Å². The predicted octanol–water partition coefficient (Wildman–Crippen LogP) is 16.8. The van der Waals surface area contributed by atoms with Crippen LogP contribution in [0.2, 0.25) is 0 Å². The fourth-order valence-corrected chi connectivity index (χ4v) is 4.33. The molecule has 0 bridgehead atoms. The Morgan fingerprint density at radius 1 is 0.217 bits per heavy atom. The summed E-state index contributed by atoms with van der Waals surface area (Å²) in [6, 6.07) is 50.8. The number of alkyl halides is 2. The summed E-state index contributed by atoms with van der Waals surface area (Å²) >= 11 is 9.28. The Kier molecular flexibility index (Phi) is 57.4. The number of aryl methyl sites for hydroxylation is 12. The number of halogens is 2. The van der Waals surface area contributed by atoms with Gasteiger partial charge in [-0.15, -0.1) is 23.2 Å². The smallest absolute Gasteiger partial charge is 0.0319 e. The Labute approximate surface area is 381 Å². The first-order valence-electron chi connectivity index (χ1n) is 20.6. The van der Waals surface area contributed by atoms with Gasteiger partial charge in [0.2, 0.25) is 0 Å². The van der Waals surface area contributed by atoms with Gasteiger partial charge in [0.25, 0.3) is 0 Å². The molecule has 0 aliphatic carbocycles. The van der Waals surface area contributed by atoms with Gasteiger partial charge in [0, 0.05) is 27.0 Å². The van der Waals surface area contributed by atoms with E-state index in [-0.39, 0.29) is 0 Å². The molecule has 0 aromatic heterocycles. The van der Waals surface area contributed by atoms with E-state index in [1.807, 2.05) is 27.7 Å². The lowest BCUT2D eigenvalue weighted by Crippen LogP contribution is -1.71. The van der Waals surface area contributed by atoms with Crippen molar-refractivity contribution < 1.29 is 10.2 Å². The van der Waals surface area contributed by atoms with E-state index >= 15 is 0 Å². The number of hydrogen-bond donors (Lipinski definition) is 2. The van der Waals surface area contributed by atoms with Gasteiger partial charge in [-0.1, -0.05) is 240 Å². The monoisotopic (exact) mass is 861 g/mol. The van der Waals surface area contributed by atoms with Crippen LogP contribution in [0.5, 0.6) is 0 Å². The van der Waals surface area contributed by atoms with Gasteiger partial charge in [-0.05, 0) is 83.1 Å². The second-order valence-corrected chi connectivity index (χ2v) is 12.9. The number of aliphatic hydroxyl groups is 2. The van der Waals surface area contributed by atoms with Crippen molar-refractivity contribution in [3.63, 3.8) is 0 Å². The summed E-state index contributed by atoms with van der Waals surface area (Å²) in [5, 5.41) is 14.0. The van der Waals surface area contributed by atoms with Crippen LogP contribution in [0.3, 0.4) is 0 Å². The lowest BCUT2D eigenvalue weighted by Gasteiger charge is -1.90. The van der Waals surface area contributed by atoms with Crippen LogP contribution in [0.15, 0.2) is 146 Å². The van der Waals surface area contributed by atoms with E-state index in [1.54, 1.807) is 0 Å². The Morgan fingerprint density at radius 3 is 0.383 bits per heavy atom. The molecule has 0 atom stereocenters. The van der Waals surface area contributed by atoms with Crippen LogP contribution < -0.4 is 0 Å². The molecule has 0 spiro atoms. The van der Waals surface area contributed by atoms with Gasteiger partial charge in [-0.3, -0.25) is 0 Å². The molecule has 2 nitrogen and oxygen atoms in total. The first-order chi connectivity index (χ1) is 28.7. The van der Waals surface area contributed by atoms with E-state index in [0.29, 0.717) is 0 Å². The Hall–Kier alpha value is -4.18. The average molecular weight is 862 g/mol. The first kappa shape index (κ1) is 67.6. The number of hydrogen-bond acceptors (Lipinski definition) is 2. The van der Waals surface area contributed by atoms with Gasteiger partial charge in [-0.25, -0.2) is 0 Å². The molecule has 0 unspecified atom stereocenters. The van der Waals surface area contributed by atoms with Crippen LogP contribution in [0.1, 0.15) is 94.5 Å². The van der Waals surface area contributed by atoms with Gasteiger partial charge in [0.1, 0.15) is 0 Å². The standard InChI is InChI=1S/6C8H10.2C2H6.2CH3Cl.2CH4O/c3*1-7-3-5-8(2)6-4-7;3*1-7-4-3-5-8(2)6-7;6*1-2/h6*3-6H,1-2H3;2*1-2H3;2*1H3;2*2H,1H3. The van der Waals surface area contributed by atoms with Crippen molar-refractivity contribution >= 4 is 23.2 Å². The zero-order valence-corrected chi connectivity index (χ0v) is 43.0. The van der Waals surface area contributed by atoms with Crippen molar-refractivity contribution in [1.82, 2.24) is 0 Å². The highest BCUT2D eigenvalue weighted by atomic mass is 35.5. The van der Waals surface area contributed by atoms with Crippen LogP contribution in [-0.4, -0.2) is 37.2 Å². The third kappa shape index (κ3) is 48.2. The molecule has 0 aliphatic rings. The highest BCUT2D eigenvalue weighted by Gasteiger charge is 1.84. The highest BCUT2D eigenvalue weighted by Crippen LogP contribution is 2.03. The van der Waals surface area contributed by atoms with Gasteiger partial charge in [-0.2, -0.15) is 0 Å². The van der Waals surface area contributed by atoms with Gasteiger partial charge in [0.05, 0.1) is 0 Å². The molecule has 4 heteroatoms. The van der Waals surface area contributed by atoms with Crippen molar-refractivity contribution in [2.45, 2.75) is 111 Å². The number of benzene rings is 6. The molecular weight excluding hydrogens is 776 g/mol. The van der Waals surface area contributed by atoms with Crippen molar-refractivity contribution in [2.75, 3.05) is 27.0 Å². The first-order valence-corrected chi connectivity index (χ1v) is 22.1. The zero-order valence-electron chi connectivity index (χ0n) is 41.5. The molecule has 6 aromatic rings. The summed E-state index contributed by atoms with van der Waals surface area (Å²) in [5.74, 6) is 0. The van der Waals surface area contributed by atoms with Crippen LogP contribution in [0.25, 0.3) is 0 Å². The summed E-state index contributed by atoms with van der Waals surface area (Å²) in [7, 11) is 2.00. The molecule has 6 rings (SSSR count). The van der Waals surface area contributed by atoms with E-state index in [4.69, 9.17) is 10.2 Å². The molecule has 0 heterocycles. The minimum Gasteiger partial charge on any atom is -0.400 e. The summed E-state index contributed by atoms with van der Waals surface area (Å²) < 4.78 is 0. The molecular formula is C56H86Cl2O2. The van der Waals surface area contributed by atoms with Crippen LogP contribution in [-0.2, 0) is 0 Å². The van der Waals surface area contributed by atoms with Crippen LogP contribution in [0.4, 0.5) is 0 Å². The van der Waals surface area contributed by atoms with Crippen LogP contribution in [0, 0.1) is 83.1 Å². The Balaban J connectivity index is -0.000000139. The molecule has 0 amide bonds. The minimum atomic E-state index is 1.00. The summed E-state index contributed by atoms with van der Waals surface area (Å²) in [6.07, 6.45) is 2.94. The molecule has 2 N–H and O–H groups in total. The Morgan fingerprint density at radius 2 is 0.317 bits per heavy atom. The van der Waals surface area contributed by atoms with Gasteiger partial charge < -0.3 is 10.2 Å². The molecule has 0 fully saturated rings. The lowest BCUT2D eigenvalue weighted by molar-refractivity contribution is 0.399. The molecule has 0 saturated heterocycles. The molecule has 336 valence electrons. The maximum atomic E-state index is 7.00. The topological polar surface area (TPSA) is 40.5 Å². The quantitative estimate of drug-likeness (QED) is 0.149. The molecule has 60 heavy (non-hydrogen) atoms. The largest absolute Gasteiger partial charge is 0.400 e. The van der Waals surface area contributed by atoms with E-state index in [2.05, 4.69) is 252 Å². The van der Waals surface area contributed by atoms with Crippen molar-refractivity contribution in [2.24, 2.45) is 0 Å².